The van der Waals surface area contributed by atoms with Crippen LogP contribution in [0.2, 0.25) is 0 Å². The summed E-state index contributed by atoms with van der Waals surface area (Å²) >= 11 is 0. The average Bonchev–Trinajstić information content (AvgIpc) is 2.79. The second kappa shape index (κ2) is 5.46. The van der Waals surface area contributed by atoms with Gasteiger partial charge in [-0.1, -0.05) is 18.2 Å². The second-order valence-corrected chi connectivity index (χ2v) is 3.90. The molecule has 1 aromatic carbocycles. The zero-order valence-corrected chi connectivity index (χ0v) is 10.1. The molecule has 5 heteroatoms. The van der Waals surface area contributed by atoms with Crippen molar-refractivity contribution in [1.82, 2.24) is 15.1 Å². The topological polar surface area (TPSA) is 67.2 Å². The zero-order valence-electron chi connectivity index (χ0n) is 10.1. The summed E-state index contributed by atoms with van der Waals surface area (Å²) in [5, 5.41) is 15.5. The van der Waals surface area contributed by atoms with E-state index in [0.29, 0.717) is 5.69 Å². The quantitative estimate of drug-likeness (QED) is 0.841. The minimum atomic E-state index is -0.276. The first-order chi connectivity index (χ1) is 8.72. The van der Waals surface area contributed by atoms with Crippen LogP contribution >= 0.6 is 0 Å². The van der Waals surface area contributed by atoms with Crippen LogP contribution < -0.4 is 5.32 Å². The number of rotatable bonds is 4. The highest BCUT2D eigenvalue weighted by atomic mass is 16.3. The largest absolute Gasteiger partial charge is 0.395 e. The Bertz CT molecular complexity index is 534. The van der Waals surface area contributed by atoms with Gasteiger partial charge in [-0.15, -0.1) is 0 Å². The van der Waals surface area contributed by atoms with Gasteiger partial charge in [-0.2, -0.15) is 5.10 Å². The van der Waals surface area contributed by atoms with Gasteiger partial charge >= 0.3 is 0 Å². The molecule has 0 aliphatic heterocycles. The SMILES string of the molecule is Cc1cc(C(=O)NCCO)nn1-c1ccccc1. The molecule has 0 unspecified atom stereocenters. The van der Waals surface area contributed by atoms with E-state index in [-0.39, 0.29) is 19.1 Å². The number of aliphatic hydroxyl groups is 1. The molecule has 2 N–H and O–H groups in total. The van der Waals surface area contributed by atoms with Crippen LogP contribution in [0.25, 0.3) is 5.69 Å². The Morgan fingerprint density at radius 2 is 2.11 bits per heavy atom. The molecule has 18 heavy (non-hydrogen) atoms. The van der Waals surface area contributed by atoms with Crippen molar-refractivity contribution in [2.24, 2.45) is 0 Å². The number of hydrogen-bond donors (Lipinski definition) is 2. The number of amides is 1. The number of carbonyl (C=O) groups excluding carboxylic acids is 1. The van der Waals surface area contributed by atoms with Gasteiger partial charge in [0, 0.05) is 12.2 Å². The minimum Gasteiger partial charge on any atom is -0.395 e. The average molecular weight is 245 g/mol. The van der Waals surface area contributed by atoms with Gasteiger partial charge in [0.1, 0.15) is 0 Å². The van der Waals surface area contributed by atoms with E-state index < -0.39 is 0 Å². The first-order valence-electron chi connectivity index (χ1n) is 5.73. The summed E-state index contributed by atoms with van der Waals surface area (Å²) in [6.07, 6.45) is 0. The highest BCUT2D eigenvalue weighted by molar-refractivity contribution is 5.92. The summed E-state index contributed by atoms with van der Waals surface area (Å²) in [7, 11) is 0. The van der Waals surface area contributed by atoms with Crippen LogP contribution in [0.4, 0.5) is 0 Å². The number of aromatic nitrogens is 2. The van der Waals surface area contributed by atoms with Crippen LogP contribution in [-0.2, 0) is 0 Å². The summed E-state index contributed by atoms with van der Waals surface area (Å²) in [6.45, 7) is 2.04. The lowest BCUT2D eigenvalue weighted by molar-refractivity contribution is 0.0939. The third-order valence-corrected chi connectivity index (χ3v) is 2.52. The number of para-hydroxylation sites is 1. The van der Waals surface area contributed by atoms with Gasteiger partial charge in [-0.05, 0) is 25.1 Å². The molecule has 1 aromatic heterocycles. The van der Waals surface area contributed by atoms with E-state index >= 15 is 0 Å². The third-order valence-electron chi connectivity index (χ3n) is 2.52. The molecular weight excluding hydrogens is 230 g/mol. The van der Waals surface area contributed by atoms with Gasteiger partial charge in [0.25, 0.3) is 5.91 Å². The molecule has 0 aliphatic carbocycles. The first kappa shape index (κ1) is 12.3. The molecule has 0 atom stereocenters. The van der Waals surface area contributed by atoms with Crippen LogP contribution in [0.15, 0.2) is 36.4 Å². The number of aliphatic hydroxyl groups excluding tert-OH is 1. The van der Waals surface area contributed by atoms with Crippen molar-refractivity contribution >= 4 is 5.91 Å². The van der Waals surface area contributed by atoms with E-state index in [9.17, 15) is 4.79 Å². The lowest BCUT2D eigenvalue weighted by atomic mass is 10.3. The van der Waals surface area contributed by atoms with E-state index in [1.165, 1.54) is 0 Å². The van der Waals surface area contributed by atoms with Gasteiger partial charge in [0.2, 0.25) is 0 Å². The molecular formula is C13H15N3O2. The van der Waals surface area contributed by atoms with Crippen LogP contribution in [-0.4, -0.2) is 33.9 Å². The van der Waals surface area contributed by atoms with Crippen molar-refractivity contribution < 1.29 is 9.90 Å². The Hall–Kier alpha value is -2.14. The van der Waals surface area contributed by atoms with E-state index in [2.05, 4.69) is 10.4 Å². The fourth-order valence-electron chi connectivity index (χ4n) is 1.68. The third kappa shape index (κ3) is 2.57. The van der Waals surface area contributed by atoms with E-state index in [1.807, 2.05) is 37.3 Å². The monoisotopic (exact) mass is 245 g/mol. The Kier molecular flexibility index (Phi) is 3.74. The van der Waals surface area contributed by atoms with Gasteiger partial charge < -0.3 is 10.4 Å². The normalized spacial score (nSPS) is 10.3. The van der Waals surface area contributed by atoms with Gasteiger partial charge in [0.15, 0.2) is 5.69 Å². The van der Waals surface area contributed by atoms with Gasteiger partial charge in [-0.3, -0.25) is 4.79 Å². The predicted octanol–water partition coefficient (Wildman–Crippen LogP) is 0.903. The van der Waals surface area contributed by atoms with Crippen molar-refractivity contribution in [3.05, 3.63) is 47.8 Å². The molecule has 94 valence electrons. The Labute approximate surface area is 105 Å². The van der Waals surface area contributed by atoms with Crippen molar-refractivity contribution in [2.45, 2.75) is 6.92 Å². The number of nitrogens with zero attached hydrogens (tertiary/aromatic N) is 2. The molecule has 0 aliphatic rings. The second-order valence-electron chi connectivity index (χ2n) is 3.90. The molecule has 1 amide bonds. The Morgan fingerprint density at radius 3 is 2.78 bits per heavy atom. The van der Waals surface area contributed by atoms with Crippen molar-refractivity contribution in [1.29, 1.82) is 0 Å². The van der Waals surface area contributed by atoms with E-state index in [4.69, 9.17) is 5.11 Å². The highest BCUT2D eigenvalue weighted by Gasteiger charge is 2.12. The first-order valence-corrected chi connectivity index (χ1v) is 5.73. The summed E-state index contributed by atoms with van der Waals surface area (Å²) in [6, 6.07) is 11.3. The standard InChI is InChI=1S/C13H15N3O2/c1-10-9-12(13(18)14-7-8-17)15-16(10)11-5-3-2-4-6-11/h2-6,9,17H,7-8H2,1H3,(H,14,18). The number of carbonyl (C=O) groups is 1. The molecule has 0 saturated carbocycles. The Balaban J connectivity index is 2.25. The lowest BCUT2D eigenvalue weighted by Gasteiger charge is -2.03. The molecule has 2 aromatic rings. The van der Waals surface area contributed by atoms with E-state index in [1.54, 1.807) is 10.7 Å². The molecule has 0 fully saturated rings. The molecule has 0 radical (unpaired) electrons. The molecule has 2 rings (SSSR count). The van der Waals surface area contributed by atoms with Crippen LogP contribution in [0.5, 0.6) is 0 Å². The number of benzene rings is 1. The maximum atomic E-state index is 11.7. The van der Waals surface area contributed by atoms with Crippen LogP contribution in [0.1, 0.15) is 16.2 Å². The fourth-order valence-corrected chi connectivity index (χ4v) is 1.68. The molecule has 1 heterocycles. The summed E-state index contributed by atoms with van der Waals surface area (Å²) in [5.41, 5.74) is 2.15. The number of hydrogen-bond acceptors (Lipinski definition) is 3. The minimum absolute atomic E-state index is 0.0793. The predicted molar refractivity (Wildman–Crippen MR) is 67.7 cm³/mol. The van der Waals surface area contributed by atoms with Crippen molar-refractivity contribution in [3.63, 3.8) is 0 Å². The van der Waals surface area contributed by atoms with E-state index in [0.717, 1.165) is 11.4 Å². The van der Waals surface area contributed by atoms with Crippen molar-refractivity contribution in [2.75, 3.05) is 13.2 Å². The Morgan fingerprint density at radius 1 is 1.39 bits per heavy atom. The van der Waals surface area contributed by atoms with Crippen LogP contribution in [0.3, 0.4) is 0 Å². The highest BCUT2D eigenvalue weighted by Crippen LogP contribution is 2.11. The van der Waals surface area contributed by atoms with Gasteiger partial charge in [0.05, 0.1) is 12.3 Å². The zero-order chi connectivity index (χ0) is 13.0. The van der Waals surface area contributed by atoms with Crippen molar-refractivity contribution in [3.8, 4) is 5.69 Å². The lowest BCUT2D eigenvalue weighted by Crippen LogP contribution is -2.26. The maximum absolute atomic E-state index is 11.7. The summed E-state index contributed by atoms with van der Waals surface area (Å²) in [5.74, 6) is -0.276. The smallest absolute Gasteiger partial charge is 0.271 e. The van der Waals surface area contributed by atoms with Crippen LogP contribution in [0, 0.1) is 6.92 Å². The molecule has 0 bridgehead atoms. The number of nitrogens with one attached hydrogen (secondary N) is 1. The van der Waals surface area contributed by atoms with Gasteiger partial charge in [-0.25, -0.2) is 4.68 Å². The fraction of sp³-hybridized carbons (Fsp3) is 0.231. The summed E-state index contributed by atoms with van der Waals surface area (Å²) in [4.78, 5) is 11.7. The molecule has 5 nitrogen and oxygen atoms in total. The number of aryl methyl sites for hydroxylation is 1. The molecule has 0 saturated heterocycles. The maximum Gasteiger partial charge on any atom is 0.271 e. The molecule has 0 spiro atoms. The summed E-state index contributed by atoms with van der Waals surface area (Å²) < 4.78 is 1.72.